The number of carbonyl (C=O) groups is 1. The zero-order valence-corrected chi connectivity index (χ0v) is 24.4. The minimum Gasteiger partial charge on any atom is -0.455 e. The lowest BCUT2D eigenvalue weighted by molar-refractivity contribution is -0.126. The predicted molar refractivity (Wildman–Crippen MR) is 165 cm³/mol. The van der Waals surface area contributed by atoms with Crippen LogP contribution in [-0.4, -0.2) is 69.7 Å². The van der Waals surface area contributed by atoms with Crippen molar-refractivity contribution in [3.63, 3.8) is 0 Å². The molecular weight excluding hydrogens is 542 g/mol. The molecule has 7 rings (SSSR count). The molecule has 43 heavy (non-hydrogen) atoms. The van der Waals surface area contributed by atoms with Crippen LogP contribution in [0.3, 0.4) is 0 Å². The van der Waals surface area contributed by atoms with Crippen molar-refractivity contribution in [2.45, 2.75) is 45.1 Å². The monoisotopic (exact) mass is 579 g/mol. The van der Waals surface area contributed by atoms with E-state index in [1.54, 1.807) is 6.20 Å². The number of nitrogens with zero attached hydrogens (tertiary/aromatic N) is 7. The molecular formula is C33H37N7O3. The van der Waals surface area contributed by atoms with E-state index in [9.17, 15) is 4.79 Å². The maximum absolute atomic E-state index is 12.2. The minimum absolute atomic E-state index is 0.0151. The number of piperazine rings is 1. The van der Waals surface area contributed by atoms with Gasteiger partial charge in [0.25, 0.3) is 0 Å². The SMILES string of the molecule is C=CC(=O)N1CCN(c2nc(OCc3nccn3C3CCCCO3)nc3c2CCN(c2cccc4ccccc24)C3)CC1. The minimum atomic E-state index is -0.0310. The first kappa shape index (κ1) is 27.4. The number of ether oxygens (including phenoxy) is 2. The largest absolute Gasteiger partial charge is 0.455 e. The highest BCUT2D eigenvalue weighted by atomic mass is 16.5. The highest BCUT2D eigenvalue weighted by Gasteiger charge is 2.29. The van der Waals surface area contributed by atoms with Crippen molar-refractivity contribution in [1.29, 1.82) is 0 Å². The summed E-state index contributed by atoms with van der Waals surface area (Å²) < 4.78 is 14.3. The fourth-order valence-electron chi connectivity index (χ4n) is 6.46. The van der Waals surface area contributed by atoms with Crippen LogP contribution >= 0.6 is 0 Å². The molecule has 2 saturated heterocycles. The number of fused-ring (bicyclic) bond motifs is 2. The average molecular weight is 580 g/mol. The molecule has 5 heterocycles. The average Bonchev–Trinajstić information content (AvgIpc) is 3.55. The lowest BCUT2D eigenvalue weighted by Gasteiger charge is -2.38. The van der Waals surface area contributed by atoms with Crippen LogP contribution in [0.15, 0.2) is 67.5 Å². The third kappa shape index (κ3) is 5.54. The molecule has 2 aromatic carbocycles. The van der Waals surface area contributed by atoms with Gasteiger partial charge < -0.3 is 28.7 Å². The van der Waals surface area contributed by atoms with E-state index in [0.29, 0.717) is 38.7 Å². The van der Waals surface area contributed by atoms with Crippen molar-refractivity contribution in [2.75, 3.05) is 49.1 Å². The Balaban J connectivity index is 1.18. The van der Waals surface area contributed by atoms with Crippen LogP contribution in [0.4, 0.5) is 11.5 Å². The van der Waals surface area contributed by atoms with Crippen LogP contribution < -0.4 is 14.5 Å². The normalized spacial score (nSPS) is 18.9. The molecule has 0 bridgehead atoms. The summed E-state index contributed by atoms with van der Waals surface area (Å²) in [5.74, 6) is 1.67. The van der Waals surface area contributed by atoms with Gasteiger partial charge in [-0.25, -0.2) is 4.98 Å². The van der Waals surface area contributed by atoms with Crippen molar-refractivity contribution in [3.8, 4) is 6.01 Å². The Morgan fingerprint density at radius 1 is 1.02 bits per heavy atom. The van der Waals surface area contributed by atoms with E-state index < -0.39 is 0 Å². The Morgan fingerprint density at radius 2 is 1.88 bits per heavy atom. The van der Waals surface area contributed by atoms with Crippen LogP contribution in [0.2, 0.25) is 0 Å². The van der Waals surface area contributed by atoms with Crippen molar-refractivity contribution < 1.29 is 14.3 Å². The van der Waals surface area contributed by atoms with E-state index >= 15 is 0 Å². The zero-order chi connectivity index (χ0) is 29.2. The zero-order valence-electron chi connectivity index (χ0n) is 24.4. The molecule has 2 fully saturated rings. The van der Waals surface area contributed by atoms with Gasteiger partial charge in [0.15, 0.2) is 0 Å². The highest BCUT2D eigenvalue weighted by Crippen LogP contribution is 2.34. The molecule has 4 aromatic rings. The van der Waals surface area contributed by atoms with Crippen molar-refractivity contribution >= 4 is 28.2 Å². The van der Waals surface area contributed by atoms with Gasteiger partial charge in [-0.15, -0.1) is 0 Å². The number of aromatic nitrogens is 4. The number of carbonyl (C=O) groups excluding carboxylic acids is 1. The first-order valence-electron chi connectivity index (χ1n) is 15.2. The first-order chi connectivity index (χ1) is 21.2. The Morgan fingerprint density at radius 3 is 2.72 bits per heavy atom. The maximum Gasteiger partial charge on any atom is 0.319 e. The summed E-state index contributed by atoms with van der Waals surface area (Å²) in [6.45, 7) is 8.83. The van der Waals surface area contributed by atoms with Gasteiger partial charge in [-0.05, 0) is 43.2 Å². The van der Waals surface area contributed by atoms with E-state index in [2.05, 4.69) is 68.4 Å². The fourth-order valence-corrected chi connectivity index (χ4v) is 6.46. The number of amides is 1. The summed E-state index contributed by atoms with van der Waals surface area (Å²) >= 11 is 0. The lowest BCUT2D eigenvalue weighted by atomic mass is 10.0. The van der Waals surface area contributed by atoms with Crippen LogP contribution in [-0.2, 0) is 29.1 Å². The molecule has 0 N–H and O–H groups in total. The number of hydrogen-bond acceptors (Lipinski definition) is 8. The Kier molecular flexibility index (Phi) is 7.67. The summed E-state index contributed by atoms with van der Waals surface area (Å²) in [7, 11) is 0. The van der Waals surface area contributed by atoms with E-state index in [1.807, 2.05) is 11.1 Å². The predicted octanol–water partition coefficient (Wildman–Crippen LogP) is 4.50. The van der Waals surface area contributed by atoms with Crippen molar-refractivity contribution in [3.05, 3.63) is 84.6 Å². The second-order valence-corrected chi connectivity index (χ2v) is 11.3. The Hall–Kier alpha value is -4.44. The molecule has 3 aliphatic heterocycles. The van der Waals surface area contributed by atoms with Crippen LogP contribution in [0.5, 0.6) is 6.01 Å². The molecule has 1 unspecified atom stereocenters. The topological polar surface area (TPSA) is 88.8 Å². The first-order valence-corrected chi connectivity index (χ1v) is 15.2. The summed E-state index contributed by atoms with van der Waals surface area (Å²) in [5.41, 5.74) is 3.34. The smallest absolute Gasteiger partial charge is 0.319 e. The summed E-state index contributed by atoms with van der Waals surface area (Å²) in [4.78, 5) is 33.2. The third-order valence-electron chi connectivity index (χ3n) is 8.74. The molecule has 0 saturated carbocycles. The molecule has 1 amide bonds. The molecule has 10 nitrogen and oxygen atoms in total. The van der Waals surface area contributed by atoms with Gasteiger partial charge in [-0.1, -0.05) is 43.0 Å². The second kappa shape index (κ2) is 12.0. The maximum atomic E-state index is 12.2. The number of anilines is 2. The molecule has 222 valence electrons. The number of hydrogen-bond donors (Lipinski definition) is 0. The van der Waals surface area contributed by atoms with Gasteiger partial charge in [0.05, 0.1) is 12.2 Å². The molecule has 2 aromatic heterocycles. The summed E-state index contributed by atoms with van der Waals surface area (Å²) in [5, 5.41) is 2.46. The lowest BCUT2D eigenvalue weighted by Crippen LogP contribution is -2.49. The van der Waals surface area contributed by atoms with Crippen molar-refractivity contribution in [1.82, 2.24) is 24.4 Å². The van der Waals surface area contributed by atoms with E-state index in [1.165, 1.54) is 22.5 Å². The van der Waals surface area contributed by atoms with Gasteiger partial charge >= 0.3 is 6.01 Å². The summed E-state index contributed by atoms with van der Waals surface area (Å²) in [6.07, 6.45) is 9.14. The van der Waals surface area contributed by atoms with Crippen LogP contribution in [0.1, 0.15) is 42.6 Å². The third-order valence-corrected chi connectivity index (χ3v) is 8.74. The molecule has 1 atom stereocenters. The highest BCUT2D eigenvalue weighted by molar-refractivity contribution is 5.94. The van der Waals surface area contributed by atoms with E-state index in [0.717, 1.165) is 61.7 Å². The van der Waals surface area contributed by atoms with E-state index in [4.69, 9.17) is 19.4 Å². The summed E-state index contributed by atoms with van der Waals surface area (Å²) in [6, 6.07) is 15.3. The Labute approximate surface area is 251 Å². The number of imidazole rings is 1. The van der Waals surface area contributed by atoms with Crippen LogP contribution in [0.25, 0.3) is 10.8 Å². The van der Waals surface area contributed by atoms with Crippen molar-refractivity contribution in [2.24, 2.45) is 0 Å². The van der Waals surface area contributed by atoms with Gasteiger partial charge in [-0.3, -0.25) is 4.79 Å². The van der Waals surface area contributed by atoms with Gasteiger partial charge in [0.2, 0.25) is 5.91 Å². The quantitative estimate of drug-likeness (QED) is 0.296. The number of benzene rings is 2. The molecule has 0 spiro atoms. The van der Waals surface area contributed by atoms with E-state index in [-0.39, 0.29) is 18.7 Å². The van der Waals surface area contributed by atoms with Gasteiger partial charge in [0, 0.05) is 68.4 Å². The Bertz CT molecular complexity index is 1620. The molecule has 0 radical (unpaired) electrons. The molecule has 10 heteroatoms. The molecule has 0 aliphatic carbocycles. The number of rotatable bonds is 7. The van der Waals surface area contributed by atoms with Crippen LogP contribution in [0, 0.1) is 0 Å². The molecule has 3 aliphatic rings. The van der Waals surface area contributed by atoms with Gasteiger partial charge in [-0.2, -0.15) is 9.97 Å². The van der Waals surface area contributed by atoms with Gasteiger partial charge in [0.1, 0.15) is 24.5 Å². The second-order valence-electron chi connectivity index (χ2n) is 11.3. The fraction of sp³-hybridized carbons (Fsp3) is 0.394. The standard InChI is InChI=1S/C33H37N7O3/c1-2-30(41)37-17-19-38(20-18-37)32-26-13-15-39(28-11-7-9-24-8-3-4-10-25(24)28)22-27(26)35-33(36-32)43-23-29-34-14-16-40(29)31-12-5-6-21-42-31/h2-4,7-11,14,16,31H,1,5-6,12-13,15,17-23H2.